The summed E-state index contributed by atoms with van der Waals surface area (Å²) < 4.78 is 53.4. The summed E-state index contributed by atoms with van der Waals surface area (Å²) in [7, 11) is 0. The molecule has 0 aromatic heterocycles. The minimum absolute atomic E-state index is 0.0316. The highest BCUT2D eigenvalue weighted by Gasteiger charge is 2.78. The predicted octanol–water partition coefficient (Wildman–Crippen LogP) is 3.49. The van der Waals surface area contributed by atoms with E-state index in [1.54, 1.807) is 20.8 Å². The number of esters is 1. The summed E-state index contributed by atoms with van der Waals surface area (Å²) >= 11 is 0. The summed E-state index contributed by atoms with van der Waals surface area (Å²) in [5, 5.41) is 21.2. The van der Waals surface area contributed by atoms with E-state index >= 15 is 8.78 Å². The van der Waals surface area contributed by atoms with Crippen molar-refractivity contribution in [2.75, 3.05) is 6.61 Å². The second kappa shape index (κ2) is 8.26. The van der Waals surface area contributed by atoms with Crippen molar-refractivity contribution in [3.63, 3.8) is 0 Å². The molecule has 0 bridgehead atoms. The topological polar surface area (TPSA) is 101 Å². The van der Waals surface area contributed by atoms with E-state index in [4.69, 9.17) is 4.74 Å². The lowest BCUT2D eigenvalue weighted by atomic mass is 9.44. The molecule has 2 N–H and O–H groups in total. The molecule has 0 aliphatic heterocycles. The highest BCUT2D eigenvalue weighted by molar-refractivity contribution is 6.04. The maximum atomic E-state index is 17.2. The molecule has 0 unspecified atom stereocenters. The van der Waals surface area contributed by atoms with Gasteiger partial charge < -0.3 is 14.9 Å². The minimum atomic E-state index is -2.53. The lowest BCUT2D eigenvalue weighted by Gasteiger charge is -2.63. The van der Waals surface area contributed by atoms with Gasteiger partial charge in [-0.1, -0.05) is 26.8 Å². The summed E-state index contributed by atoms with van der Waals surface area (Å²) in [5.41, 5.74) is -8.17. The quantitative estimate of drug-likeness (QED) is 0.563. The zero-order valence-corrected chi connectivity index (χ0v) is 20.4. The molecule has 9 atom stereocenters. The van der Waals surface area contributed by atoms with Gasteiger partial charge in [-0.3, -0.25) is 14.4 Å². The number of alkyl halides is 2. The highest BCUT2D eigenvalue weighted by Crippen LogP contribution is 2.72. The Bertz CT molecular complexity index is 1020. The van der Waals surface area contributed by atoms with E-state index < -0.39 is 94.1 Å². The number of hydrogen-bond donors (Lipinski definition) is 2. The number of aliphatic hydroxyl groups excluding tert-OH is 2. The van der Waals surface area contributed by atoms with E-state index in [0.717, 1.165) is 12.2 Å². The molecule has 194 valence electrons. The molecule has 0 aromatic rings. The van der Waals surface area contributed by atoms with Gasteiger partial charge in [-0.25, -0.2) is 13.2 Å². The second-order valence-corrected chi connectivity index (χ2v) is 11.1. The zero-order chi connectivity index (χ0) is 26.1. The Morgan fingerprint density at radius 3 is 2.49 bits per heavy atom. The van der Waals surface area contributed by atoms with Crippen LogP contribution in [0, 0.1) is 28.6 Å². The van der Waals surface area contributed by atoms with E-state index in [2.05, 4.69) is 0 Å². The first kappa shape index (κ1) is 26.1. The van der Waals surface area contributed by atoms with E-state index in [1.807, 2.05) is 0 Å². The van der Waals surface area contributed by atoms with Gasteiger partial charge in [0.25, 0.3) is 0 Å². The zero-order valence-electron chi connectivity index (χ0n) is 20.4. The van der Waals surface area contributed by atoms with Crippen LogP contribution in [-0.4, -0.2) is 57.9 Å². The van der Waals surface area contributed by atoms with Crippen LogP contribution in [0.2, 0.25) is 0 Å². The average Bonchev–Trinajstić information content (AvgIpc) is 3.00. The molecule has 0 saturated heterocycles. The highest BCUT2D eigenvalue weighted by atomic mass is 19.2. The van der Waals surface area contributed by atoms with Gasteiger partial charge in [-0.05, 0) is 44.6 Å². The molecular weight excluding hydrogens is 465 g/mol. The standard InChI is InChI=1S/C26H33F3O6/c1-5-6-20(34)35-26(19(33)12-30)13(2)9-14-15-10-16(27)21-22(28)17(31)7-8-23(21,3)25(15,29)18(32)11-24(14,26)4/h7-8,13-16,18,30,32H,5-6,9-12H2,1-4H3/t13-,14-,15-,16-,18-,23-,24-,25-,26+/m0/s1. The number of ether oxygens (including phenoxy) is 1. The van der Waals surface area contributed by atoms with Crippen molar-refractivity contribution in [1.82, 2.24) is 0 Å². The van der Waals surface area contributed by atoms with Crippen molar-refractivity contribution >= 4 is 17.5 Å². The van der Waals surface area contributed by atoms with Crippen molar-refractivity contribution in [3.05, 3.63) is 23.6 Å². The molecule has 4 aliphatic rings. The smallest absolute Gasteiger partial charge is 0.306 e. The normalized spacial score (nSPS) is 46.7. The maximum Gasteiger partial charge on any atom is 0.306 e. The fourth-order valence-electron chi connectivity index (χ4n) is 8.04. The van der Waals surface area contributed by atoms with Gasteiger partial charge in [0.2, 0.25) is 11.6 Å². The summed E-state index contributed by atoms with van der Waals surface area (Å²) in [4.78, 5) is 37.8. The number of ketones is 2. The fraction of sp³-hybridized carbons (Fsp3) is 0.731. The van der Waals surface area contributed by atoms with E-state index in [9.17, 15) is 29.0 Å². The van der Waals surface area contributed by atoms with Gasteiger partial charge in [0.15, 0.2) is 17.1 Å². The first-order valence-electron chi connectivity index (χ1n) is 12.3. The number of carbonyl (C=O) groups is 3. The molecule has 0 spiro atoms. The van der Waals surface area contributed by atoms with E-state index in [-0.39, 0.29) is 19.3 Å². The van der Waals surface area contributed by atoms with E-state index in [0.29, 0.717) is 6.42 Å². The third kappa shape index (κ3) is 3.06. The number of hydrogen-bond acceptors (Lipinski definition) is 6. The monoisotopic (exact) mass is 498 g/mol. The van der Waals surface area contributed by atoms with Gasteiger partial charge in [0.1, 0.15) is 12.8 Å². The molecule has 0 amide bonds. The number of rotatable bonds is 5. The van der Waals surface area contributed by atoms with Gasteiger partial charge in [-0.15, -0.1) is 0 Å². The van der Waals surface area contributed by atoms with Crippen LogP contribution in [0.3, 0.4) is 0 Å². The summed E-state index contributed by atoms with van der Waals surface area (Å²) in [6.07, 6.45) is -1.89. The molecular formula is C26H33F3O6. The van der Waals surface area contributed by atoms with Crippen molar-refractivity contribution in [1.29, 1.82) is 0 Å². The van der Waals surface area contributed by atoms with Crippen LogP contribution >= 0.6 is 0 Å². The molecule has 3 fully saturated rings. The van der Waals surface area contributed by atoms with Crippen molar-refractivity contribution < 1.29 is 42.5 Å². The Morgan fingerprint density at radius 1 is 1.23 bits per heavy atom. The van der Waals surface area contributed by atoms with Crippen LogP contribution in [0.4, 0.5) is 13.2 Å². The lowest BCUT2D eigenvalue weighted by molar-refractivity contribution is -0.232. The van der Waals surface area contributed by atoms with Gasteiger partial charge in [-0.2, -0.15) is 0 Å². The van der Waals surface area contributed by atoms with Crippen LogP contribution in [0.5, 0.6) is 0 Å². The molecule has 0 heterocycles. The Hall–Kier alpha value is -2.00. The van der Waals surface area contributed by atoms with Crippen LogP contribution in [-0.2, 0) is 19.1 Å². The van der Waals surface area contributed by atoms with Crippen LogP contribution in [0.15, 0.2) is 23.6 Å². The minimum Gasteiger partial charge on any atom is -0.450 e. The van der Waals surface area contributed by atoms with Crippen molar-refractivity contribution in [2.45, 2.75) is 83.3 Å². The summed E-state index contributed by atoms with van der Waals surface area (Å²) in [5.74, 6) is -6.29. The Balaban J connectivity index is 1.88. The van der Waals surface area contributed by atoms with Crippen LogP contribution in [0.25, 0.3) is 0 Å². The number of Topliss-reactive ketones (excluding diaryl/α,β-unsaturated/α-hetero) is 1. The summed E-state index contributed by atoms with van der Waals surface area (Å²) in [6.45, 7) is 5.44. The van der Waals surface area contributed by atoms with Crippen LogP contribution in [0.1, 0.15) is 59.8 Å². The second-order valence-electron chi connectivity index (χ2n) is 11.1. The third-order valence-corrected chi connectivity index (χ3v) is 9.53. The molecule has 6 nitrogen and oxygen atoms in total. The fourth-order valence-corrected chi connectivity index (χ4v) is 8.04. The third-order valence-electron chi connectivity index (χ3n) is 9.53. The molecule has 35 heavy (non-hydrogen) atoms. The van der Waals surface area contributed by atoms with Gasteiger partial charge in [0, 0.05) is 34.7 Å². The maximum absolute atomic E-state index is 17.2. The Morgan fingerprint density at radius 2 is 1.89 bits per heavy atom. The van der Waals surface area contributed by atoms with Crippen molar-refractivity contribution in [2.24, 2.45) is 28.6 Å². The molecule has 0 radical (unpaired) electrons. The number of carbonyl (C=O) groups excluding carboxylic acids is 3. The molecule has 0 aromatic carbocycles. The molecule has 9 heteroatoms. The molecule has 3 saturated carbocycles. The Labute approximate surface area is 202 Å². The first-order valence-corrected chi connectivity index (χ1v) is 12.3. The SMILES string of the molecule is CCCC(=O)O[C@@]1(C(=O)CO)[C@@H](C)C[C@H]2[C@@H]3C[C@H](F)C4=C(F)C(=O)C=C[C@]4(C)[C@@]3(F)[C@@H](O)C[C@@]21C. The number of halogens is 3. The molecule has 4 aliphatic carbocycles. The molecule has 4 rings (SSSR count). The van der Waals surface area contributed by atoms with Crippen LogP contribution < -0.4 is 0 Å². The first-order chi connectivity index (χ1) is 16.3. The van der Waals surface area contributed by atoms with E-state index in [1.165, 1.54) is 6.92 Å². The number of aliphatic hydroxyl groups is 2. The average molecular weight is 499 g/mol. The summed E-state index contributed by atoms with van der Waals surface area (Å²) in [6, 6.07) is 0. The Kier molecular flexibility index (Phi) is 6.16. The number of allylic oxidation sites excluding steroid dienone is 4. The van der Waals surface area contributed by atoms with Crippen molar-refractivity contribution in [3.8, 4) is 0 Å². The predicted molar refractivity (Wildman–Crippen MR) is 119 cm³/mol. The largest absolute Gasteiger partial charge is 0.450 e. The lowest BCUT2D eigenvalue weighted by Crippen LogP contribution is -2.71. The van der Waals surface area contributed by atoms with Gasteiger partial charge >= 0.3 is 5.97 Å². The van der Waals surface area contributed by atoms with Gasteiger partial charge in [0.05, 0.1) is 6.10 Å². The number of fused-ring (bicyclic) bond motifs is 5.